The number of halogens is 1. The number of para-hydroxylation sites is 1. The summed E-state index contributed by atoms with van der Waals surface area (Å²) < 4.78 is 3.06. The van der Waals surface area contributed by atoms with E-state index in [-0.39, 0.29) is 17.9 Å². The predicted octanol–water partition coefficient (Wildman–Crippen LogP) is 4.56. The van der Waals surface area contributed by atoms with E-state index in [9.17, 15) is 9.59 Å². The van der Waals surface area contributed by atoms with Gasteiger partial charge in [0.05, 0.1) is 11.6 Å². The highest BCUT2D eigenvalue weighted by Crippen LogP contribution is 2.26. The number of likely N-dealkylation sites (tertiary alicyclic amines) is 1. The Bertz CT molecular complexity index is 1170. The number of hydrogen-bond donors (Lipinski definition) is 2. The Kier molecular flexibility index (Phi) is 6.48. The summed E-state index contributed by atoms with van der Waals surface area (Å²) in [5.74, 6) is -0.441. The summed E-state index contributed by atoms with van der Waals surface area (Å²) in [6, 6.07) is 17.4. The molecule has 2 heterocycles. The van der Waals surface area contributed by atoms with Crippen molar-refractivity contribution in [1.82, 2.24) is 9.47 Å². The average Bonchev–Trinajstić information content (AvgIpc) is 3.33. The second-order valence-corrected chi connectivity index (χ2v) is 9.16. The highest BCUT2D eigenvalue weighted by Gasteiger charge is 2.29. The molecule has 0 radical (unpaired) electrons. The largest absolute Gasteiger partial charge is 0.368 e. The number of aromatic nitrogens is 1. The normalized spacial score (nSPS) is 16.3. The maximum atomic E-state index is 13.2. The fourth-order valence-corrected chi connectivity index (χ4v) is 4.92. The van der Waals surface area contributed by atoms with E-state index in [1.807, 2.05) is 68.4 Å². The summed E-state index contributed by atoms with van der Waals surface area (Å²) in [4.78, 5) is 27.1. The van der Waals surface area contributed by atoms with Crippen LogP contribution in [0.2, 0.25) is 0 Å². The lowest BCUT2D eigenvalue weighted by atomic mass is 10.1. The van der Waals surface area contributed by atoms with Gasteiger partial charge in [0, 0.05) is 33.8 Å². The lowest BCUT2D eigenvalue weighted by molar-refractivity contribution is -0.122. The van der Waals surface area contributed by atoms with Crippen molar-refractivity contribution >= 4 is 33.4 Å². The standard InChI is InChI=1S/C25H27BrN4O2/c1-16-13-21(17(2)30(16)20-9-5-8-19(26)14-20)25(32)28-22-10-4-3-7-18(22)15-29-12-6-11-23(29)24(27)31/h3-5,7-10,13-14,23H,6,11-12,15H2,1-2H3,(H2,27,31)(H,28,32). The van der Waals surface area contributed by atoms with Gasteiger partial charge < -0.3 is 15.6 Å². The van der Waals surface area contributed by atoms with Crippen LogP contribution in [0.5, 0.6) is 0 Å². The molecule has 1 unspecified atom stereocenters. The summed E-state index contributed by atoms with van der Waals surface area (Å²) in [7, 11) is 0. The van der Waals surface area contributed by atoms with Crippen molar-refractivity contribution in [3.05, 3.63) is 81.6 Å². The summed E-state index contributed by atoms with van der Waals surface area (Å²) in [5, 5.41) is 3.08. The Labute approximate surface area is 196 Å². The number of amides is 2. The molecule has 1 fully saturated rings. The number of aryl methyl sites for hydroxylation is 1. The van der Waals surface area contributed by atoms with Crippen LogP contribution in [0.4, 0.5) is 5.69 Å². The molecule has 6 nitrogen and oxygen atoms in total. The molecule has 4 rings (SSSR count). The molecular formula is C25H27BrN4O2. The Balaban J connectivity index is 1.58. The minimum absolute atomic E-state index is 0.153. The lowest BCUT2D eigenvalue weighted by Gasteiger charge is -2.23. The zero-order chi connectivity index (χ0) is 22.8. The van der Waals surface area contributed by atoms with Crippen LogP contribution in [-0.2, 0) is 11.3 Å². The van der Waals surface area contributed by atoms with E-state index in [4.69, 9.17) is 5.73 Å². The number of nitrogens with two attached hydrogens (primary N) is 1. The van der Waals surface area contributed by atoms with Crippen LogP contribution < -0.4 is 11.1 Å². The molecule has 0 bridgehead atoms. The smallest absolute Gasteiger partial charge is 0.257 e. The van der Waals surface area contributed by atoms with Crippen molar-refractivity contribution < 1.29 is 9.59 Å². The topological polar surface area (TPSA) is 80.4 Å². The van der Waals surface area contributed by atoms with Gasteiger partial charge in [-0.05, 0) is 69.1 Å². The number of carbonyl (C=O) groups is 2. The molecule has 7 heteroatoms. The number of anilines is 1. The van der Waals surface area contributed by atoms with Crippen molar-refractivity contribution in [3.8, 4) is 5.69 Å². The van der Waals surface area contributed by atoms with Crippen molar-refractivity contribution in [2.75, 3.05) is 11.9 Å². The Morgan fingerprint density at radius 2 is 1.91 bits per heavy atom. The molecule has 1 aliphatic rings. The van der Waals surface area contributed by atoms with Gasteiger partial charge in [-0.25, -0.2) is 0 Å². The third-order valence-corrected chi connectivity index (χ3v) is 6.57. The zero-order valence-corrected chi connectivity index (χ0v) is 19.9. The van der Waals surface area contributed by atoms with E-state index in [2.05, 4.69) is 30.7 Å². The van der Waals surface area contributed by atoms with Gasteiger partial charge in [-0.3, -0.25) is 14.5 Å². The number of benzene rings is 2. The summed E-state index contributed by atoms with van der Waals surface area (Å²) >= 11 is 3.52. The number of nitrogens with one attached hydrogen (secondary N) is 1. The van der Waals surface area contributed by atoms with E-state index in [0.717, 1.165) is 52.2 Å². The summed E-state index contributed by atoms with van der Waals surface area (Å²) in [6.45, 7) is 5.34. The van der Waals surface area contributed by atoms with Crippen molar-refractivity contribution in [3.63, 3.8) is 0 Å². The molecule has 0 spiro atoms. The highest BCUT2D eigenvalue weighted by atomic mass is 79.9. The first kappa shape index (κ1) is 22.3. The molecule has 2 aromatic carbocycles. The molecule has 0 aliphatic carbocycles. The van der Waals surface area contributed by atoms with E-state index in [1.54, 1.807) is 0 Å². The molecule has 3 N–H and O–H groups in total. The molecule has 1 aliphatic heterocycles. The van der Waals surface area contributed by atoms with Gasteiger partial charge in [0.25, 0.3) is 5.91 Å². The first-order valence-electron chi connectivity index (χ1n) is 10.7. The molecule has 166 valence electrons. The third-order valence-electron chi connectivity index (χ3n) is 6.07. The van der Waals surface area contributed by atoms with Crippen molar-refractivity contribution in [2.45, 2.75) is 39.3 Å². The van der Waals surface area contributed by atoms with Gasteiger partial charge >= 0.3 is 0 Å². The van der Waals surface area contributed by atoms with Crippen LogP contribution in [0.1, 0.15) is 40.2 Å². The Morgan fingerprint density at radius 1 is 1.12 bits per heavy atom. The van der Waals surface area contributed by atoms with Gasteiger partial charge in [-0.1, -0.05) is 40.2 Å². The first-order chi connectivity index (χ1) is 15.3. The Morgan fingerprint density at radius 3 is 2.66 bits per heavy atom. The third kappa shape index (κ3) is 4.49. The van der Waals surface area contributed by atoms with Crippen molar-refractivity contribution in [1.29, 1.82) is 0 Å². The van der Waals surface area contributed by atoms with E-state index >= 15 is 0 Å². The number of rotatable bonds is 6. The molecule has 1 atom stereocenters. The fourth-order valence-electron chi connectivity index (χ4n) is 4.53. The van der Waals surface area contributed by atoms with Crippen LogP contribution in [0, 0.1) is 13.8 Å². The molecule has 32 heavy (non-hydrogen) atoms. The van der Waals surface area contributed by atoms with Gasteiger partial charge in [0.1, 0.15) is 0 Å². The average molecular weight is 495 g/mol. The van der Waals surface area contributed by atoms with Crippen LogP contribution >= 0.6 is 15.9 Å². The number of nitrogens with zero attached hydrogens (tertiary/aromatic N) is 2. The van der Waals surface area contributed by atoms with Crippen LogP contribution in [0.3, 0.4) is 0 Å². The van der Waals surface area contributed by atoms with Crippen LogP contribution in [-0.4, -0.2) is 33.9 Å². The van der Waals surface area contributed by atoms with Crippen LogP contribution in [0.15, 0.2) is 59.1 Å². The highest BCUT2D eigenvalue weighted by molar-refractivity contribution is 9.10. The minimum atomic E-state index is -0.288. The van der Waals surface area contributed by atoms with E-state index in [0.29, 0.717) is 12.1 Å². The second-order valence-electron chi connectivity index (χ2n) is 8.24. The van der Waals surface area contributed by atoms with Crippen LogP contribution in [0.25, 0.3) is 5.69 Å². The molecule has 1 saturated heterocycles. The number of primary amides is 1. The van der Waals surface area contributed by atoms with E-state index in [1.165, 1.54) is 0 Å². The van der Waals surface area contributed by atoms with E-state index < -0.39 is 0 Å². The van der Waals surface area contributed by atoms with Gasteiger partial charge in [0.15, 0.2) is 0 Å². The first-order valence-corrected chi connectivity index (χ1v) is 11.5. The molecule has 0 saturated carbocycles. The number of hydrogen-bond acceptors (Lipinski definition) is 3. The quantitative estimate of drug-likeness (QED) is 0.526. The SMILES string of the molecule is Cc1cc(C(=O)Nc2ccccc2CN2CCCC2C(N)=O)c(C)n1-c1cccc(Br)c1. The second kappa shape index (κ2) is 9.30. The summed E-state index contributed by atoms with van der Waals surface area (Å²) in [5.41, 5.74) is 10.8. The maximum Gasteiger partial charge on any atom is 0.257 e. The van der Waals surface area contributed by atoms with Gasteiger partial charge in [0.2, 0.25) is 5.91 Å². The maximum absolute atomic E-state index is 13.2. The van der Waals surface area contributed by atoms with Gasteiger partial charge in [-0.2, -0.15) is 0 Å². The predicted molar refractivity (Wildman–Crippen MR) is 130 cm³/mol. The molecule has 3 aromatic rings. The minimum Gasteiger partial charge on any atom is -0.368 e. The molecule has 1 aromatic heterocycles. The number of carbonyl (C=O) groups excluding carboxylic acids is 2. The monoisotopic (exact) mass is 494 g/mol. The Hall–Kier alpha value is -2.90. The molecular weight excluding hydrogens is 468 g/mol. The van der Waals surface area contributed by atoms with Gasteiger partial charge in [-0.15, -0.1) is 0 Å². The van der Waals surface area contributed by atoms with Crippen molar-refractivity contribution in [2.24, 2.45) is 5.73 Å². The summed E-state index contributed by atoms with van der Waals surface area (Å²) in [6.07, 6.45) is 1.73. The zero-order valence-electron chi connectivity index (χ0n) is 18.3. The fraction of sp³-hybridized carbons (Fsp3) is 0.280. The lowest BCUT2D eigenvalue weighted by Crippen LogP contribution is -2.39. The molecule has 2 amide bonds.